The Kier molecular flexibility index (Phi) is 4.71. The van der Waals surface area contributed by atoms with Crippen molar-refractivity contribution in [3.05, 3.63) is 53.3 Å². The summed E-state index contributed by atoms with van der Waals surface area (Å²) >= 11 is 4.95. The highest BCUT2D eigenvalue weighted by Gasteiger charge is 2.21. The molecule has 0 saturated carbocycles. The van der Waals surface area contributed by atoms with Gasteiger partial charge in [-0.15, -0.1) is 0 Å². The van der Waals surface area contributed by atoms with E-state index in [1.54, 1.807) is 36.7 Å². The number of hydrogen-bond acceptors (Lipinski definition) is 4. The molecule has 2 rings (SSSR count). The number of H-pyrrole nitrogens is 1. The van der Waals surface area contributed by atoms with Gasteiger partial charge in [0.15, 0.2) is 0 Å². The van der Waals surface area contributed by atoms with E-state index >= 15 is 0 Å². The predicted octanol–water partition coefficient (Wildman–Crippen LogP) is 1.01. The molecule has 0 atom stereocenters. The Morgan fingerprint density at radius 1 is 1.43 bits per heavy atom. The van der Waals surface area contributed by atoms with Gasteiger partial charge in [0, 0.05) is 30.9 Å². The van der Waals surface area contributed by atoms with Crippen molar-refractivity contribution < 1.29 is 8.42 Å². The Hall–Kier alpha value is -1.77. The van der Waals surface area contributed by atoms with Crippen molar-refractivity contribution in [2.45, 2.75) is 12.3 Å². The van der Waals surface area contributed by atoms with E-state index in [1.807, 2.05) is 0 Å². The molecule has 0 amide bonds. The number of nitrogens with two attached hydrogens (primary N) is 1. The molecule has 0 radical (unpaired) electrons. The molecule has 1 heterocycles. The van der Waals surface area contributed by atoms with Gasteiger partial charge in [-0.25, -0.2) is 12.7 Å². The molecular weight excluding hydrogens is 308 g/mol. The molecule has 1 aromatic heterocycles. The van der Waals surface area contributed by atoms with Crippen LogP contribution in [0, 0.1) is 0 Å². The Morgan fingerprint density at radius 2 is 2.14 bits per heavy atom. The summed E-state index contributed by atoms with van der Waals surface area (Å²) in [7, 11) is -1.94. The van der Waals surface area contributed by atoms with Gasteiger partial charge in [-0.1, -0.05) is 36.5 Å². The largest absolute Gasteiger partial charge is 0.389 e. The van der Waals surface area contributed by atoms with Crippen molar-refractivity contribution in [3.8, 4) is 0 Å². The van der Waals surface area contributed by atoms with Crippen LogP contribution < -0.4 is 5.73 Å². The predicted molar refractivity (Wildman–Crippen MR) is 85.0 cm³/mol. The van der Waals surface area contributed by atoms with E-state index in [9.17, 15) is 8.42 Å². The monoisotopic (exact) mass is 324 g/mol. The van der Waals surface area contributed by atoms with Crippen LogP contribution in [0.5, 0.6) is 0 Å². The quantitative estimate of drug-likeness (QED) is 0.774. The van der Waals surface area contributed by atoms with Crippen LogP contribution in [0.3, 0.4) is 0 Å². The van der Waals surface area contributed by atoms with Crippen molar-refractivity contribution in [2.24, 2.45) is 5.73 Å². The van der Waals surface area contributed by atoms with Gasteiger partial charge in [0.2, 0.25) is 10.0 Å². The molecule has 0 aliphatic heterocycles. The molecule has 0 fully saturated rings. The minimum atomic E-state index is -3.47. The van der Waals surface area contributed by atoms with Gasteiger partial charge in [0.25, 0.3) is 0 Å². The Morgan fingerprint density at radius 3 is 2.76 bits per heavy atom. The zero-order chi connectivity index (χ0) is 15.5. The average molecular weight is 324 g/mol. The molecule has 0 unspecified atom stereocenters. The van der Waals surface area contributed by atoms with E-state index in [2.05, 4.69) is 10.2 Å². The molecule has 0 aliphatic rings. The number of hydrogen-bond donors (Lipinski definition) is 2. The summed E-state index contributed by atoms with van der Waals surface area (Å²) in [6.45, 7) is 0.258. The van der Waals surface area contributed by atoms with Crippen LogP contribution in [0.2, 0.25) is 0 Å². The lowest BCUT2D eigenvalue weighted by molar-refractivity contribution is 0.466. The third-order valence-corrected chi connectivity index (χ3v) is 5.03. The van der Waals surface area contributed by atoms with Crippen LogP contribution >= 0.6 is 12.2 Å². The number of nitrogens with zero attached hydrogens (tertiary/aromatic N) is 2. The second kappa shape index (κ2) is 6.33. The van der Waals surface area contributed by atoms with E-state index in [4.69, 9.17) is 18.0 Å². The number of sulfonamides is 1. The van der Waals surface area contributed by atoms with Crippen molar-refractivity contribution in [1.29, 1.82) is 0 Å². The van der Waals surface area contributed by atoms with Crippen molar-refractivity contribution in [2.75, 3.05) is 7.05 Å². The fourth-order valence-corrected chi connectivity index (χ4v) is 3.32. The standard InChI is InChI=1S/C13H16N4O2S2/c1-17(8-10-6-15-16-7-10)21(18,19)9-11-4-2-3-5-12(11)13(14)20/h2-7H,8-9H2,1H3,(H2,14,20)(H,15,16). The lowest BCUT2D eigenvalue weighted by Gasteiger charge is -2.17. The normalized spacial score (nSPS) is 11.7. The summed E-state index contributed by atoms with van der Waals surface area (Å²) in [5.41, 5.74) is 7.62. The molecule has 0 spiro atoms. The lowest BCUT2D eigenvalue weighted by Crippen LogP contribution is -2.28. The number of rotatable bonds is 6. The molecule has 6 nitrogen and oxygen atoms in total. The van der Waals surface area contributed by atoms with E-state index < -0.39 is 10.0 Å². The molecule has 21 heavy (non-hydrogen) atoms. The second-order valence-electron chi connectivity index (χ2n) is 4.64. The first-order chi connectivity index (χ1) is 9.90. The van der Waals surface area contributed by atoms with Crippen LogP contribution in [0.1, 0.15) is 16.7 Å². The van der Waals surface area contributed by atoms with Crippen molar-refractivity contribution >= 4 is 27.2 Å². The van der Waals surface area contributed by atoms with Crippen LogP contribution in [-0.4, -0.2) is 35.0 Å². The van der Waals surface area contributed by atoms with Crippen LogP contribution in [0.15, 0.2) is 36.7 Å². The number of aromatic nitrogens is 2. The van der Waals surface area contributed by atoms with Gasteiger partial charge in [0.05, 0.1) is 11.9 Å². The lowest BCUT2D eigenvalue weighted by atomic mass is 10.1. The minimum absolute atomic E-state index is 0.144. The fourth-order valence-electron chi connectivity index (χ4n) is 1.91. The summed E-state index contributed by atoms with van der Waals surface area (Å²) in [6.07, 6.45) is 3.25. The maximum Gasteiger partial charge on any atom is 0.218 e. The number of aromatic amines is 1. The SMILES string of the molecule is CN(Cc1cn[nH]c1)S(=O)(=O)Cc1ccccc1C(N)=S. The number of thiocarbonyl (C=S) groups is 1. The van der Waals surface area contributed by atoms with Crippen LogP contribution in [0.4, 0.5) is 0 Å². The summed E-state index contributed by atoms with van der Waals surface area (Å²) in [4.78, 5) is 0.193. The smallest absolute Gasteiger partial charge is 0.218 e. The highest BCUT2D eigenvalue weighted by atomic mass is 32.2. The minimum Gasteiger partial charge on any atom is -0.389 e. The maximum absolute atomic E-state index is 12.4. The van der Waals surface area contributed by atoms with E-state index in [-0.39, 0.29) is 17.3 Å². The number of benzene rings is 1. The first-order valence-electron chi connectivity index (χ1n) is 6.19. The molecule has 112 valence electrons. The van der Waals surface area contributed by atoms with Crippen LogP contribution in [-0.2, 0) is 22.3 Å². The molecular formula is C13H16N4O2S2. The molecule has 3 N–H and O–H groups in total. The Balaban J connectivity index is 2.19. The summed E-state index contributed by atoms with van der Waals surface area (Å²) < 4.78 is 26.1. The van der Waals surface area contributed by atoms with E-state index in [0.717, 1.165) is 5.56 Å². The second-order valence-corrected chi connectivity index (χ2v) is 7.16. The Bertz CT molecular complexity index is 726. The fraction of sp³-hybridized carbons (Fsp3) is 0.231. The highest BCUT2D eigenvalue weighted by molar-refractivity contribution is 7.88. The molecule has 2 aromatic rings. The molecule has 0 aliphatic carbocycles. The van der Waals surface area contributed by atoms with Gasteiger partial charge < -0.3 is 5.73 Å². The van der Waals surface area contributed by atoms with Crippen molar-refractivity contribution in [1.82, 2.24) is 14.5 Å². The van der Waals surface area contributed by atoms with Gasteiger partial charge in [0.1, 0.15) is 4.99 Å². The third kappa shape index (κ3) is 3.87. The zero-order valence-corrected chi connectivity index (χ0v) is 13.1. The first-order valence-corrected chi connectivity index (χ1v) is 8.21. The molecule has 8 heteroatoms. The third-order valence-electron chi connectivity index (χ3n) is 3.06. The molecule has 1 aromatic carbocycles. The first kappa shape index (κ1) is 15.6. The van der Waals surface area contributed by atoms with E-state index in [1.165, 1.54) is 11.4 Å². The van der Waals surface area contributed by atoms with Crippen LogP contribution in [0.25, 0.3) is 0 Å². The van der Waals surface area contributed by atoms with Gasteiger partial charge >= 0.3 is 0 Å². The molecule has 0 saturated heterocycles. The number of nitrogens with one attached hydrogen (secondary N) is 1. The summed E-state index contributed by atoms with van der Waals surface area (Å²) in [6, 6.07) is 6.99. The summed E-state index contributed by atoms with van der Waals surface area (Å²) in [5, 5.41) is 6.45. The van der Waals surface area contributed by atoms with Gasteiger partial charge in [-0.3, -0.25) is 5.10 Å². The van der Waals surface area contributed by atoms with Crippen molar-refractivity contribution in [3.63, 3.8) is 0 Å². The van der Waals surface area contributed by atoms with Gasteiger partial charge in [-0.2, -0.15) is 5.10 Å². The molecule has 0 bridgehead atoms. The average Bonchev–Trinajstić information content (AvgIpc) is 2.91. The summed E-state index contributed by atoms with van der Waals surface area (Å²) in [5.74, 6) is -0.144. The highest BCUT2D eigenvalue weighted by Crippen LogP contribution is 2.16. The Labute approximate surface area is 129 Å². The maximum atomic E-state index is 12.4. The zero-order valence-electron chi connectivity index (χ0n) is 11.5. The van der Waals surface area contributed by atoms with E-state index in [0.29, 0.717) is 11.1 Å². The topological polar surface area (TPSA) is 92.1 Å². The van der Waals surface area contributed by atoms with Gasteiger partial charge in [-0.05, 0) is 5.56 Å².